The molecule has 18 heavy (non-hydrogen) atoms. The van der Waals surface area contributed by atoms with Gasteiger partial charge in [0.25, 0.3) is 0 Å². The first-order valence-corrected chi connectivity index (χ1v) is 6.76. The number of aliphatic hydroxyl groups excluding tert-OH is 1. The van der Waals surface area contributed by atoms with Crippen LogP contribution in [-0.2, 0) is 4.74 Å². The van der Waals surface area contributed by atoms with Crippen LogP contribution in [0.15, 0.2) is 0 Å². The minimum absolute atomic E-state index is 0.0316. The van der Waals surface area contributed by atoms with Gasteiger partial charge in [-0.3, -0.25) is 0 Å². The Morgan fingerprint density at radius 3 is 2.50 bits per heavy atom. The molecule has 1 N–H and O–H groups in total. The lowest BCUT2D eigenvalue weighted by Gasteiger charge is -2.49. The molecule has 4 heteroatoms. The van der Waals surface area contributed by atoms with E-state index in [9.17, 15) is 9.90 Å². The van der Waals surface area contributed by atoms with Crippen molar-refractivity contribution in [1.82, 2.24) is 4.90 Å². The molecule has 1 saturated heterocycles. The summed E-state index contributed by atoms with van der Waals surface area (Å²) in [7, 11) is 0. The van der Waals surface area contributed by atoms with Gasteiger partial charge >= 0.3 is 6.09 Å². The predicted octanol–water partition coefficient (Wildman–Crippen LogP) is 2.26. The molecule has 2 rings (SSSR count). The van der Waals surface area contributed by atoms with Gasteiger partial charge in [-0.15, -0.1) is 0 Å². The summed E-state index contributed by atoms with van der Waals surface area (Å²) < 4.78 is 5.42. The van der Waals surface area contributed by atoms with E-state index in [0.717, 1.165) is 13.0 Å². The molecule has 1 aliphatic carbocycles. The Morgan fingerprint density at radius 2 is 2.06 bits per heavy atom. The molecule has 104 valence electrons. The fourth-order valence-electron chi connectivity index (χ4n) is 3.75. The fourth-order valence-corrected chi connectivity index (χ4v) is 3.75. The van der Waals surface area contributed by atoms with E-state index in [4.69, 9.17) is 4.74 Å². The second-order valence-corrected chi connectivity index (χ2v) is 7.36. The molecule has 1 aliphatic heterocycles. The van der Waals surface area contributed by atoms with Crippen LogP contribution in [0.5, 0.6) is 0 Å². The van der Waals surface area contributed by atoms with Crippen LogP contribution in [-0.4, -0.2) is 40.9 Å². The highest BCUT2D eigenvalue weighted by molar-refractivity contribution is 5.69. The van der Waals surface area contributed by atoms with Crippen molar-refractivity contribution in [2.45, 2.75) is 52.7 Å². The van der Waals surface area contributed by atoms with Crippen LogP contribution >= 0.6 is 0 Å². The van der Waals surface area contributed by atoms with Gasteiger partial charge < -0.3 is 14.7 Å². The molecule has 3 atom stereocenters. The van der Waals surface area contributed by atoms with Gasteiger partial charge in [-0.1, -0.05) is 13.8 Å². The number of carbonyl (C=O) groups is 1. The molecule has 0 aromatic carbocycles. The summed E-state index contributed by atoms with van der Waals surface area (Å²) in [6.45, 7) is 10.8. The SMILES string of the molecule is CC(C)(C)OC(=O)N1CC2CC(C)(C)C2C1CO. The second kappa shape index (κ2) is 4.12. The summed E-state index contributed by atoms with van der Waals surface area (Å²) in [6, 6.07) is -0.0754. The average Bonchev–Trinajstić information content (AvgIpc) is 2.49. The van der Waals surface area contributed by atoms with E-state index < -0.39 is 5.60 Å². The van der Waals surface area contributed by atoms with Crippen molar-refractivity contribution in [2.24, 2.45) is 17.3 Å². The van der Waals surface area contributed by atoms with Gasteiger partial charge in [0.1, 0.15) is 5.60 Å². The highest BCUT2D eigenvalue weighted by Crippen LogP contribution is 2.57. The maximum Gasteiger partial charge on any atom is 0.410 e. The third kappa shape index (κ3) is 2.22. The first-order chi connectivity index (χ1) is 8.15. The number of aliphatic hydroxyl groups is 1. The van der Waals surface area contributed by atoms with Crippen LogP contribution in [0.3, 0.4) is 0 Å². The standard InChI is InChI=1S/C14H25NO3/c1-13(2,3)18-12(17)15-7-9-6-14(4,5)11(9)10(15)8-16/h9-11,16H,6-8H2,1-5H3. The Labute approximate surface area is 109 Å². The number of hydrogen-bond donors (Lipinski definition) is 1. The van der Waals surface area contributed by atoms with Crippen LogP contribution in [0.25, 0.3) is 0 Å². The van der Waals surface area contributed by atoms with E-state index in [-0.39, 0.29) is 24.2 Å². The molecular weight excluding hydrogens is 230 g/mol. The van der Waals surface area contributed by atoms with E-state index in [1.54, 1.807) is 4.90 Å². The Hall–Kier alpha value is -0.770. The van der Waals surface area contributed by atoms with Gasteiger partial charge in [0.2, 0.25) is 0 Å². The number of rotatable bonds is 1. The summed E-state index contributed by atoms with van der Waals surface area (Å²) in [6.07, 6.45) is 0.847. The topological polar surface area (TPSA) is 49.8 Å². The van der Waals surface area contributed by atoms with Crippen molar-refractivity contribution in [3.8, 4) is 0 Å². The zero-order valence-electron chi connectivity index (χ0n) is 12.1. The number of ether oxygens (including phenoxy) is 1. The number of hydrogen-bond acceptors (Lipinski definition) is 3. The third-order valence-corrected chi connectivity index (χ3v) is 4.26. The Bertz CT molecular complexity index is 345. The van der Waals surface area contributed by atoms with Crippen molar-refractivity contribution in [2.75, 3.05) is 13.2 Å². The molecule has 0 spiro atoms. The van der Waals surface area contributed by atoms with Crippen molar-refractivity contribution in [3.05, 3.63) is 0 Å². The number of likely N-dealkylation sites (tertiary alicyclic amines) is 1. The van der Waals surface area contributed by atoms with Crippen molar-refractivity contribution >= 4 is 6.09 Å². The molecule has 1 saturated carbocycles. The smallest absolute Gasteiger partial charge is 0.410 e. The lowest BCUT2D eigenvalue weighted by atomic mass is 9.55. The summed E-state index contributed by atoms with van der Waals surface area (Å²) in [5.74, 6) is 0.944. The van der Waals surface area contributed by atoms with Crippen molar-refractivity contribution in [1.29, 1.82) is 0 Å². The average molecular weight is 255 g/mol. The molecule has 0 radical (unpaired) electrons. The molecule has 1 heterocycles. The van der Waals surface area contributed by atoms with E-state index >= 15 is 0 Å². The van der Waals surface area contributed by atoms with Gasteiger partial charge in [-0.2, -0.15) is 0 Å². The largest absolute Gasteiger partial charge is 0.444 e. The fraction of sp³-hybridized carbons (Fsp3) is 0.929. The summed E-state index contributed by atoms with van der Waals surface area (Å²) >= 11 is 0. The van der Waals surface area contributed by atoms with Crippen LogP contribution < -0.4 is 0 Å². The highest BCUT2D eigenvalue weighted by atomic mass is 16.6. The summed E-state index contributed by atoms with van der Waals surface area (Å²) in [5.41, 5.74) is -0.247. The Balaban J connectivity index is 2.09. The normalized spacial score (nSPS) is 33.9. The van der Waals surface area contributed by atoms with Crippen molar-refractivity contribution < 1.29 is 14.6 Å². The van der Waals surface area contributed by atoms with Gasteiger partial charge in [-0.05, 0) is 44.4 Å². The first kappa shape index (κ1) is 13.7. The lowest BCUT2D eigenvalue weighted by molar-refractivity contribution is -0.0171. The molecule has 2 fully saturated rings. The van der Waals surface area contributed by atoms with Gasteiger partial charge in [0.15, 0.2) is 0 Å². The van der Waals surface area contributed by atoms with Crippen LogP contribution in [0.1, 0.15) is 41.0 Å². The summed E-state index contributed by atoms with van der Waals surface area (Å²) in [5, 5.41) is 9.59. The molecule has 1 amide bonds. The quantitative estimate of drug-likeness (QED) is 0.782. The monoisotopic (exact) mass is 255 g/mol. The first-order valence-electron chi connectivity index (χ1n) is 6.76. The van der Waals surface area contributed by atoms with E-state index in [1.807, 2.05) is 20.8 Å². The zero-order valence-corrected chi connectivity index (χ0v) is 12.1. The van der Waals surface area contributed by atoms with Gasteiger partial charge in [0.05, 0.1) is 12.6 Å². The molecule has 0 bridgehead atoms. The maximum atomic E-state index is 12.2. The number of carbonyl (C=O) groups excluding carboxylic acids is 1. The molecule has 0 aromatic rings. The number of nitrogens with zero attached hydrogens (tertiary/aromatic N) is 1. The molecule has 4 nitrogen and oxygen atoms in total. The molecule has 2 aliphatic rings. The van der Waals surface area contributed by atoms with E-state index in [1.165, 1.54) is 0 Å². The number of fused-ring (bicyclic) bond motifs is 1. The predicted molar refractivity (Wildman–Crippen MR) is 69.2 cm³/mol. The molecule has 3 unspecified atom stereocenters. The minimum atomic E-state index is -0.478. The minimum Gasteiger partial charge on any atom is -0.444 e. The molecular formula is C14H25NO3. The maximum absolute atomic E-state index is 12.2. The second-order valence-electron chi connectivity index (χ2n) is 7.36. The van der Waals surface area contributed by atoms with Gasteiger partial charge in [-0.25, -0.2) is 4.79 Å². The van der Waals surface area contributed by atoms with Crippen molar-refractivity contribution in [3.63, 3.8) is 0 Å². The third-order valence-electron chi connectivity index (χ3n) is 4.26. The van der Waals surface area contributed by atoms with E-state index in [0.29, 0.717) is 11.8 Å². The van der Waals surface area contributed by atoms with Crippen LogP contribution in [0.4, 0.5) is 4.79 Å². The zero-order chi connectivity index (χ0) is 13.7. The lowest BCUT2D eigenvalue weighted by Crippen LogP contribution is -2.49. The Kier molecular flexibility index (Phi) is 3.13. The van der Waals surface area contributed by atoms with E-state index in [2.05, 4.69) is 13.8 Å². The number of amides is 1. The summed E-state index contributed by atoms with van der Waals surface area (Å²) in [4.78, 5) is 13.9. The van der Waals surface area contributed by atoms with Crippen LogP contribution in [0, 0.1) is 17.3 Å². The van der Waals surface area contributed by atoms with Crippen LogP contribution in [0.2, 0.25) is 0 Å². The van der Waals surface area contributed by atoms with Gasteiger partial charge in [0, 0.05) is 6.54 Å². The Morgan fingerprint density at radius 1 is 1.44 bits per heavy atom. The molecule has 0 aromatic heterocycles. The highest BCUT2D eigenvalue weighted by Gasteiger charge is 2.58.